The topological polar surface area (TPSA) is 26.3 Å². The third-order valence-corrected chi connectivity index (χ3v) is 6.95. The summed E-state index contributed by atoms with van der Waals surface area (Å²) in [4.78, 5) is 12.5. The number of ether oxygens (including phenoxy) is 1. The molecular formula is C25H38O2. The molecule has 3 rings (SSSR count). The van der Waals surface area contributed by atoms with Crippen LogP contribution < -0.4 is 4.74 Å². The number of carbonyl (C=O) groups is 1. The minimum Gasteiger partial charge on any atom is -0.426 e. The lowest BCUT2D eigenvalue weighted by Crippen LogP contribution is -2.18. The Bertz CT molecular complexity index is 568. The van der Waals surface area contributed by atoms with Crippen molar-refractivity contribution in [2.75, 3.05) is 0 Å². The van der Waals surface area contributed by atoms with Gasteiger partial charge in [-0.05, 0) is 80.4 Å². The maximum absolute atomic E-state index is 12.5. The van der Waals surface area contributed by atoms with Gasteiger partial charge in [-0.2, -0.15) is 0 Å². The molecule has 2 saturated carbocycles. The highest BCUT2D eigenvalue weighted by atomic mass is 16.5. The van der Waals surface area contributed by atoms with Crippen molar-refractivity contribution in [3.05, 3.63) is 29.8 Å². The predicted molar refractivity (Wildman–Crippen MR) is 112 cm³/mol. The van der Waals surface area contributed by atoms with Crippen LogP contribution in [0, 0.1) is 17.8 Å². The molecule has 0 radical (unpaired) electrons. The van der Waals surface area contributed by atoms with E-state index in [0.29, 0.717) is 5.92 Å². The zero-order valence-corrected chi connectivity index (χ0v) is 17.4. The Labute approximate surface area is 166 Å². The van der Waals surface area contributed by atoms with Gasteiger partial charge in [-0.1, -0.05) is 58.1 Å². The van der Waals surface area contributed by atoms with E-state index in [9.17, 15) is 4.79 Å². The minimum atomic E-state index is -0.0159. The van der Waals surface area contributed by atoms with E-state index in [0.717, 1.165) is 30.4 Å². The maximum Gasteiger partial charge on any atom is 0.314 e. The van der Waals surface area contributed by atoms with E-state index < -0.39 is 0 Å². The quantitative estimate of drug-likeness (QED) is 0.355. The summed E-state index contributed by atoms with van der Waals surface area (Å²) in [5.74, 6) is 3.18. The van der Waals surface area contributed by atoms with Crippen molar-refractivity contribution >= 4 is 5.97 Å². The first-order valence-corrected chi connectivity index (χ1v) is 11.5. The van der Waals surface area contributed by atoms with Crippen molar-refractivity contribution in [1.29, 1.82) is 0 Å². The zero-order valence-electron chi connectivity index (χ0n) is 17.4. The van der Waals surface area contributed by atoms with Gasteiger partial charge in [0, 0.05) is 0 Å². The van der Waals surface area contributed by atoms with Gasteiger partial charge >= 0.3 is 5.97 Å². The summed E-state index contributed by atoms with van der Waals surface area (Å²) in [6.45, 7) is 4.51. The Hall–Kier alpha value is -1.31. The van der Waals surface area contributed by atoms with Crippen molar-refractivity contribution < 1.29 is 9.53 Å². The monoisotopic (exact) mass is 370 g/mol. The first kappa shape index (κ1) is 20.4. The normalized spacial score (nSPS) is 28.2. The van der Waals surface area contributed by atoms with Gasteiger partial charge in [0.05, 0.1) is 5.92 Å². The lowest BCUT2D eigenvalue weighted by molar-refractivity contribution is -0.138. The molecule has 1 aromatic carbocycles. The fourth-order valence-corrected chi connectivity index (χ4v) is 5.24. The van der Waals surface area contributed by atoms with Crippen molar-refractivity contribution in [2.45, 2.75) is 96.8 Å². The van der Waals surface area contributed by atoms with Crippen LogP contribution >= 0.6 is 0 Å². The summed E-state index contributed by atoms with van der Waals surface area (Å²) in [7, 11) is 0. The van der Waals surface area contributed by atoms with Gasteiger partial charge in [0.25, 0.3) is 0 Å². The predicted octanol–water partition coefficient (Wildman–Crippen LogP) is 7.27. The number of benzene rings is 1. The highest BCUT2D eigenvalue weighted by Gasteiger charge is 2.30. The Balaban J connectivity index is 1.46. The van der Waals surface area contributed by atoms with E-state index in [1.165, 1.54) is 69.8 Å². The fourth-order valence-electron chi connectivity index (χ4n) is 5.24. The van der Waals surface area contributed by atoms with Crippen LogP contribution in [0.5, 0.6) is 5.75 Å². The second kappa shape index (κ2) is 10.3. The van der Waals surface area contributed by atoms with Gasteiger partial charge in [0.15, 0.2) is 0 Å². The van der Waals surface area contributed by atoms with Crippen LogP contribution in [0.25, 0.3) is 0 Å². The third-order valence-electron chi connectivity index (χ3n) is 6.95. The van der Waals surface area contributed by atoms with E-state index in [-0.39, 0.29) is 11.9 Å². The second-order valence-corrected chi connectivity index (χ2v) is 9.01. The van der Waals surface area contributed by atoms with Crippen LogP contribution in [-0.4, -0.2) is 5.97 Å². The van der Waals surface area contributed by atoms with Gasteiger partial charge in [-0.25, -0.2) is 0 Å². The summed E-state index contributed by atoms with van der Waals surface area (Å²) in [5, 5.41) is 0. The maximum atomic E-state index is 12.5. The van der Waals surface area contributed by atoms with E-state index in [2.05, 4.69) is 26.0 Å². The lowest BCUT2D eigenvalue weighted by Gasteiger charge is -2.28. The second-order valence-electron chi connectivity index (χ2n) is 9.01. The number of hydrogen-bond donors (Lipinski definition) is 0. The molecule has 0 saturated heterocycles. The number of esters is 1. The molecule has 2 nitrogen and oxygen atoms in total. The number of carbonyl (C=O) groups excluding carboxylic acids is 1. The highest BCUT2D eigenvalue weighted by molar-refractivity contribution is 5.75. The smallest absolute Gasteiger partial charge is 0.314 e. The van der Waals surface area contributed by atoms with Gasteiger partial charge in [-0.15, -0.1) is 0 Å². The molecule has 2 aliphatic rings. The molecule has 0 amide bonds. The zero-order chi connectivity index (χ0) is 19.1. The molecule has 2 atom stereocenters. The summed E-state index contributed by atoms with van der Waals surface area (Å²) in [6.07, 6.45) is 15.2. The Morgan fingerprint density at radius 3 is 2.26 bits per heavy atom. The molecule has 0 aliphatic heterocycles. The molecule has 0 spiro atoms. The molecule has 0 bridgehead atoms. The number of rotatable bonds is 8. The molecular weight excluding hydrogens is 332 g/mol. The molecule has 0 aromatic heterocycles. The van der Waals surface area contributed by atoms with E-state index in [4.69, 9.17) is 4.74 Å². The van der Waals surface area contributed by atoms with E-state index in [1.54, 1.807) is 0 Å². The van der Waals surface area contributed by atoms with Crippen LogP contribution in [0.15, 0.2) is 24.3 Å². The standard InChI is InChI=1S/C25H38O2/c1-3-5-7-19-8-11-21(12-9-19)22-14-16-24(17-15-22)27-25(26)23-13-10-20(18-23)6-4-2/h14-17,19-21,23H,3-13,18H2,1-2H3/t19-,20-,21-,23-/m1/s1. The van der Waals surface area contributed by atoms with Gasteiger partial charge in [0.2, 0.25) is 0 Å². The summed E-state index contributed by atoms with van der Waals surface area (Å²) in [6, 6.07) is 8.39. The third kappa shape index (κ3) is 5.83. The van der Waals surface area contributed by atoms with Gasteiger partial charge in [-0.3, -0.25) is 4.79 Å². The van der Waals surface area contributed by atoms with Crippen LogP contribution in [0.1, 0.15) is 102 Å². The van der Waals surface area contributed by atoms with E-state index >= 15 is 0 Å². The molecule has 1 aromatic rings. The average Bonchev–Trinajstić information content (AvgIpc) is 3.17. The SMILES string of the molecule is CCCC[C@H]1CC[C@H](c2ccc(OC(=O)[C@@H]3CC[C@@H](CCC)C3)cc2)CC1. The van der Waals surface area contributed by atoms with Crippen LogP contribution in [0.3, 0.4) is 0 Å². The summed E-state index contributed by atoms with van der Waals surface area (Å²) >= 11 is 0. The first-order valence-electron chi connectivity index (χ1n) is 11.5. The molecule has 0 N–H and O–H groups in total. The number of hydrogen-bond acceptors (Lipinski definition) is 2. The minimum absolute atomic E-state index is 0.0159. The first-order chi connectivity index (χ1) is 13.2. The summed E-state index contributed by atoms with van der Waals surface area (Å²) in [5.41, 5.74) is 1.42. The van der Waals surface area contributed by atoms with Crippen molar-refractivity contribution in [2.24, 2.45) is 17.8 Å². The van der Waals surface area contributed by atoms with Crippen molar-refractivity contribution in [1.82, 2.24) is 0 Å². The lowest BCUT2D eigenvalue weighted by atomic mass is 9.77. The largest absolute Gasteiger partial charge is 0.426 e. The molecule has 2 heteroatoms. The molecule has 150 valence electrons. The Morgan fingerprint density at radius 2 is 1.59 bits per heavy atom. The highest BCUT2D eigenvalue weighted by Crippen LogP contribution is 2.38. The van der Waals surface area contributed by atoms with Crippen molar-refractivity contribution in [3.63, 3.8) is 0 Å². The number of unbranched alkanes of at least 4 members (excludes halogenated alkanes) is 1. The molecule has 27 heavy (non-hydrogen) atoms. The van der Waals surface area contributed by atoms with Crippen LogP contribution in [-0.2, 0) is 4.79 Å². The van der Waals surface area contributed by atoms with E-state index in [1.807, 2.05) is 12.1 Å². The van der Waals surface area contributed by atoms with Gasteiger partial charge < -0.3 is 4.74 Å². The molecule has 0 unspecified atom stereocenters. The Morgan fingerprint density at radius 1 is 0.889 bits per heavy atom. The van der Waals surface area contributed by atoms with Crippen LogP contribution in [0.4, 0.5) is 0 Å². The molecule has 2 aliphatic carbocycles. The molecule has 0 heterocycles. The van der Waals surface area contributed by atoms with Gasteiger partial charge in [0.1, 0.15) is 5.75 Å². The summed E-state index contributed by atoms with van der Waals surface area (Å²) < 4.78 is 5.69. The van der Waals surface area contributed by atoms with Crippen molar-refractivity contribution in [3.8, 4) is 5.75 Å². The fraction of sp³-hybridized carbons (Fsp3) is 0.720. The molecule has 2 fully saturated rings. The Kier molecular flexibility index (Phi) is 7.79. The van der Waals surface area contributed by atoms with Crippen LogP contribution in [0.2, 0.25) is 0 Å². The average molecular weight is 371 g/mol.